The maximum atomic E-state index is 13.2. The molecule has 0 radical (unpaired) electrons. The van der Waals surface area contributed by atoms with Gasteiger partial charge in [0.05, 0.1) is 55.1 Å². The van der Waals surface area contributed by atoms with Crippen molar-refractivity contribution in [3.8, 4) is 0 Å². The molecule has 4 amide bonds. The predicted molar refractivity (Wildman–Crippen MR) is 406 cm³/mol. The first-order chi connectivity index (χ1) is 48.0. The summed E-state index contributed by atoms with van der Waals surface area (Å²) in [6.45, 7) is 46.4. The summed E-state index contributed by atoms with van der Waals surface area (Å²) in [7, 11) is 0. The number of hydrogen-bond donors (Lipinski definition) is 3. The van der Waals surface area contributed by atoms with E-state index in [4.69, 9.17) is 43.4 Å². The van der Waals surface area contributed by atoms with Gasteiger partial charge in [0.15, 0.2) is 0 Å². The molecule has 0 aliphatic rings. The summed E-state index contributed by atoms with van der Waals surface area (Å²) >= 11 is 0. The number of nitrogens with one attached hydrogen (secondary N) is 3. The molecule has 6 unspecified atom stereocenters. The summed E-state index contributed by atoms with van der Waals surface area (Å²) < 4.78 is 34.7. The van der Waals surface area contributed by atoms with Gasteiger partial charge >= 0.3 is 59.4 Å². The summed E-state index contributed by atoms with van der Waals surface area (Å²) in [6, 6.07) is 0. The third-order valence-corrected chi connectivity index (χ3v) is 18.6. The lowest BCUT2D eigenvalue weighted by Crippen LogP contribution is -2.50. The Bertz CT molecular complexity index is 2850. The van der Waals surface area contributed by atoms with Crippen LogP contribution in [0.4, 0.5) is 0 Å². The SMILES string of the molecule is CCC(C)(CC)N=C(C)CCC(=O)OC(C)CN(CC(C)OC(=O)CCC(C)=NNC(=O)C(=O)N=C(C)CCC(=O)OC(C)CN(CC(C)OC(=O)CCC(C)=NC(C)(CC)CC)CC(C)OC(=O)CCC(C)=NC(C)(CC)CC)CC(C)OC(=O)CCC(C)=NNC(=O)C(=O)NC(C)(CC)CC. The zero-order chi connectivity index (χ0) is 78.8. The van der Waals surface area contributed by atoms with Gasteiger partial charge in [-0.25, -0.2) is 15.8 Å². The van der Waals surface area contributed by atoms with Crippen LogP contribution >= 0.6 is 0 Å². The lowest BCUT2D eigenvalue weighted by Gasteiger charge is -2.30. The van der Waals surface area contributed by atoms with Gasteiger partial charge in [0.2, 0.25) is 0 Å². The number of aliphatic imine (C=N–C) groups is 4. The maximum absolute atomic E-state index is 13.2. The van der Waals surface area contributed by atoms with Crippen LogP contribution in [0, 0.1) is 0 Å². The number of amides is 4. The average molecular weight is 1460 g/mol. The van der Waals surface area contributed by atoms with Crippen molar-refractivity contribution in [2.24, 2.45) is 30.2 Å². The lowest BCUT2D eigenvalue weighted by molar-refractivity contribution is -0.154. The molecule has 0 aromatic heterocycles. The normalized spacial score (nSPS) is 14.9. The van der Waals surface area contributed by atoms with Gasteiger partial charge in [-0.15, -0.1) is 0 Å². The Labute approximate surface area is 616 Å². The van der Waals surface area contributed by atoms with Gasteiger partial charge in [-0.1, -0.05) is 55.4 Å². The number of esters is 6. The van der Waals surface area contributed by atoms with E-state index in [1.165, 1.54) is 6.92 Å². The van der Waals surface area contributed by atoms with Crippen LogP contribution in [0.1, 0.15) is 295 Å². The third-order valence-electron chi connectivity index (χ3n) is 18.6. The fraction of sp³-hybridized carbons (Fsp3) is 0.789. The second kappa shape index (κ2) is 49.5. The molecule has 103 heavy (non-hydrogen) atoms. The summed E-state index contributed by atoms with van der Waals surface area (Å²) in [5.74, 6) is -6.95. The van der Waals surface area contributed by atoms with Gasteiger partial charge in [-0.2, -0.15) is 10.2 Å². The van der Waals surface area contributed by atoms with Crippen LogP contribution < -0.4 is 16.2 Å². The Morgan fingerprint density at radius 3 is 0.767 bits per heavy atom. The number of hydrogen-bond acceptors (Lipinski definition) is 23. The molecule has 0 bridgehead atoms. The molecule has 0 heterocycles. The van der Waals surface area contributed by atoms with Crippen LogP contribution in [0.2, 0.25) is 0 Å². The standard InChI is InChI=1S/C76H133N11O16/c1-25-73(21,26-2)78-52(10)34-40-64(89)99-58(16)46-86(47-59(17)100-65(90)41-35-53(11)79-74(22,27-3)28-4)45-57(15)98-63(88)39-33-51(9)77-69(94)71(96)84-82-55(13)37-43-67(92)102-61(19)49-87(48-60(18)101-66(91)42-36-54(12)80-75(23,29-5)30-6)50-62(20)103-68(93)44-38-56(14)83-85-72(97)70(95)81-76(24,31-7)32-8/h57-62H,25-50H2,1-24H3,(H,81,95)(H,84,96)(H,85,97). The van der Waals surface area contributed by atoms with E-state index in [0.29, 0.717) is 43.5 Å². The first-order valence-electron chi connectivity index (χ1n) is 37.4. The Kier molecular flexibility index (Phi) is 46.1. The van der Waals surface area contributed by atoms with Crippen LogP contribution in [0.15, 0.2) is 30.2 Å². The molecule has 0 saturated heterocycles. The monoisotopic (exact) mass is 1460 g/mol. The number of rotatable bonds is 50. The van der Waals surface area contributed by atoms with Crippen LogP contribution in [0.5, 0.6) is 0 Å². The van der Waals surface area contributed by atoms with Crippen molar-refractivity contribution in [3.63, 3.8) is 0 Å². The smallest absolute Gasteiger partial charge is 0.336 e. The predicted octanol–water partition coefficient (Wildman–Crippen LogP) is 11.6. The second-order valence-corrected chi connectivity index (χ2v) is 28.8. The van der Waals surface area contributed by atoms with Gasteiger partial charge in [0.1, 0.15) is 36.6 Å². The van der Waals surface area contributed by atoms with Crippen molar-refractivity contribution in [3.05, 3.63) is 0 Å². The van der Waals surface area contributed by atoms with Crippen molar-refractivity contribution in [1.82, 2.24) is 26.0 Å². The molecule has 0 saturated carbocycles. The number of hydrazone groups is 2. The minimum absolute atomic E-state index is 0.00853. The molecule has 0 aromatic carbocycles. The zero-order valence-corrected chi connectivity index (χ0v) is 67.5. The molecule has 588 valence electrons. The van der Waals surface area contributed by atoms with E-state index in [0.717, 1.165) is 55.7 Å². The zero-order valence-electron chi connectivity index (χ0n) is 67.5. The highest BCUT2D eigenvalue weighted by Gasteiger charge is 2.29. The molecule has 0 aromatic rings. The average Bonchev–Trinajstić information content (AvgIpc) is 0.934. The van der Waals surface area contributed by atoms with E-state index >= 15 is 0 Å². The number of carbonyl (C=O) groups excluding carboxylic acids is 10. The Morgan fingerprint density at radius 1 is 0.311 bits per heavy atom. The molecule has 0 rings (SSSR count). The Hall–Kier alpha value is -7.16. The molecule has 6 atom stereocenters. The molecule has 27 heteroatoms. The molecule has 0 spiro atoms. The van der Waals surface area contributed by atoms with E-state index in [2.05, 4.69) is 93.7 Å². The highest BCUT2D eigenvalue weighted by Crippen LogP contribution is 2.24. The highest BCUT2D eigenvalue weighted by atomic mass is 16.6. The van der Waals surface area contributed by atoms with Gasteiger partial charge in [-0.05, 0) is 201 Å². The van der Waals surface area contributed by atoms with Gasteiger partial charge in [0, 0.05) is 79.1 Å². The van der Waals surface area contributed by atoms with Crippen molar-refractivity contribution >= 4 is 93.7 Å². The molecule has 0 fully saturated rings. The minimum Gasteiger partial charge on any atom is -0.461 e. The van der Waals surface area contributed by atoms with E-state index in [9.17, 15) is 47.9 Å². The first kappa shape index (κ1) is 95.8. The van der Waals surface area contributed by atoms with E-state index in [-0.39, 0.29) is 131 Å². The molecular weight excluding hydrogens is 1320 g/mol. The fourth-order valence-electron chi connectivity index (χ4n) is 10.6. The van der Waals surface area contributed by atoms with Gasteiger partial charge in [0.25, 0.3) is 0 Å². The molecule has 3 N–H and O–H groups in total. The van der Waals surface area contributed by atoms with Crippen molar-refractivity contribution in [2.75, 3.05) is 39.3 Å². The summed E-state index contributed by atoms with van der Waals surface area (Å²) in [6.07, 6.45) is 4.26. The second-order valence-electron chi connectivity index (χ2n) is 28.8. The van der Waals surface area contributed by atoms with Crippen LogP contribution in [-0.4, -0.2) is 202 Å². The van der Waals surface area contributed by atoms with Crippen molar-refractivity contribution < 1.29 is 76.4 Å². The number of carbonyl (C=O) groups is 10. The van der Waals surface area contributed by atoms with Crippen LogP contribution in [0.3, 0.4) is 0 Å². The van der Waals surface area contributed by atoms with Crippen molar-refractivity contribution in [1.29, 1.82) is 0 Å². The topological polar surface area (TPSA) is 343 Å². The molecular formula is C76H133N11O16. The quantitative estimate of drug-likeness (QED) is 0.0167. The van der Waals surface area contributed by atoms with Gasteiger partial charge < -0.3 is 33.7 Å². The lowest BCUT2D eigenvalue weighted by atomic mass is 9.95. The Morgan fingerprint density at radius 2 is 0.534 bits per heavy atom. The molecule has 0 aliphatic carbocycles. The summed E-state index contributed by atoms with van der Waals surface area (Å²) in [5.41, 5.74) is 6.73. The first-order valence-corrected chi connectivity index (χ1v) is 37.4. The fourth-order valence-corrected chi connectivity index (χ4v) is 10.6. The largest absolute Gasteiger partial charge is 0.461 e. The molecule has 27 nitrogen and oxygen atoms in total. The minimum atomic E-state index is -1.16. The maximum Gasteiger partial charge on any atom is 0.336 e. The summed E-state index contributed by atoms with van der Waals surface area (Å²) in [5, 5.41) is 10.7. The molecule has 0 aliphatic heterocycles. The number of nitrogens with zero attached hydrogens (tertiary/aromatic N) is 8. The van der Waals surface area contributed by atoms with E-state index < -0.39 is 89.7 Å². The highest BCUT2D eigenvalue weighted by molar-refractivity contribution is 6.37. The van der Waals surface area contributed by atoms with E-state index in [1.807, 2.05) is 51.3 Å². The third kappa shape index (κ3) is 43.7. The Balaban J connectivity index is 5.87. The van der Waals surface area contributed by atoms with Gasteiger partial charge in [-0.3, -0.25) is 72.7 Å². The summed E-state index contributed by atoms with van der Waals surface area (Å²) in [4.78, 5) is 151. The van der Waals surface area contributed by atoms with Crippen molar-refractivity contribution in [2.45, 2.75) is 353 Å². The van der Waals surface area contributed by atoms with Crippen LogP contribution in [0.25, 0.3) is 0 Å². The van der Waals surface area contributed by atoms with E-state index in [1.54, 1.807) is 55.4 Å². The van der Waals surface area contributed by atoms with Crippen LogP contribution in [-0.2, 0) is 76.4 Å². The number of ether oxygens (including phenoxy) is 6.